The first-order chi connectivity index (χ1) is 5.72. The van der Waals surface area contributed by atoms with Crippen LogP contribution in [0.25, 0.3) is 0 Å². The van der Waals surface area contributed by atoms with Gasteiger partial charge in [0.25, 0.3) is 0 Å². The lowest BCUT2D eigenvalue weighted by atomic mass is 10.3. The number of halogens is 2. The van der Waals surface area contributed by atoms with Crippen molar-refractivity contribution in [3.8, 4) is 6.07 Å². The fourth-order valence-electron chi connectivity index (χ4n) is 1.30. The number of rotatable bonds is 3. The first-order valence-corrected chi connectivity index (χ1v) is 3.75. The van der Waals surface area contributed by atoms with E-state index in [0.717, 1.165) is 0 Å². The van der Waals surface area contributed by atoms with Crippen LogP contribution in [-0.4, -0.2) is 37.2 Å². The maximum Gasteiger partial charge on any atom is 0.345 e. The van der Waals surface area contributed by atoms with E-state index in [9.17, 15) is 8.78 Å². The average molecular weight is 176 g/mol. The molecule has 0 aromatic heterocycles. The summed E-state index contributed by atoms with van der Waals surface area (Å²) in [5.41, 5.74) is 0. The van der Waals surface area contributed by atoms with Gasteiger partial charge >= 0.3 is 6.61 Å². The molecule has 1 fully saturated rings. The molecule has 0 aromatic carbocycles. The maximum absolute atomic E-state index is 11.7. The summed E-state index contributed by atoms with van der Waals surface area (Å²) in [5.74, 6) is 0. The largest absolute Gasteiger partial charge is 0.345 e. The first kappa shape index (κ1) is 9.36. The molecule has 0 saturated carbocycles. The summed E-state index contributed by atoms with van der Waals surface area (Å²) in [7, 11) is 0. The Hall–Kier alpha value is -0.730. The van der Waals surface area contributed by atoms with Gasteiger partial charge in [-0.25, -0.2) is 0 Å². The smallest absolute Gasteiger partial charge is 0.318 e. The molecule has 1 heterocycles. The molecular formula is C7H10F2N2O. The average Bonchev–Trinajstić information content (AvgIpc) is 2.36. The summed E-state index contributed by atoms with van der Waals surface area (Å²) < 4.78 is 27.7. The molecule has 3 nitrogen and oxygen atoms in total. The molecule has 0 N–H and O–H groups in total. The molecule has 0 aromatic rings. The standard InChI is InChI=1S/C7H10F2N2O/c8-7(9)12-6-1-3-11(5-6)4-2-10/h6-7H,1,3-5H2. The Kier molecular flexibility index (Phi) is 3.38. The summed E-state index contributed by atoms with van der Waals surface area (Å²) in [4.78, 5) is 1.80. The molecule has 1 unspecified atom stereocenters. The van der Waals surface area contributed by atoms with E-state index in [1.54, 1.807) is 4.90 Å². The van der Waals surface area contributed by atoms with Gasteiger partial charge in [0, 0.05) is 13.1 Å². The van der Waals surface area contributed by atoms with Crippen molar-refractivity contribution >= 4 is 0 Å². The first-order valence-electron chi connectivity index (χ1n) is 3.75. The molecule has 0 bridgehead atoms. The van der Waals surface area contributed by atoms with Crippen LogP contribution in [0.5, 0.6) is 0 Å². The molecule has 1 aliphatic rings. The lowest BCUT2D eigenvalue weighted by Gasteiger charge is -2.11. The van der Waals surface area contributed by atoms with Gasteiger partial charge in [0.05, 0.1) is 18.7 Å². The molecule has 12 heavy (non-hydrogen) atoms. The molecule has 1 aliphatic heterocycles. The Morgan fingerprint density at radius 2 is 2.42 bits per heavy atom. The number of hydrogen-bond acceptors (Lipinski definition) is 3. The molecule has 1 rings (SSSR count). The Balaban J connectivity index is 2.22. The third-order valence-corrected chi connectivity index (χ3v) is 1.82. The highest BCUT2D eigenvalue weighted by Gasteiger charge is 2.24. The van der Waals surface area contributed by atoms with Crippen molar-refractivity contribution < 1.29 is 13.5 Å². The quantitative estimate of drug-likeness (QED) is 0.597. The van der Waals surface area contributed by atoms with Crippen molar-refractivity contribution in [1.29, 1.82) is 5.26 Å². The minimum atomic E-state index is -2.70. The zero-order chi connectivity index (χ0) is 8.97. The van der Waals surface area contributed by atoms with E-state index in [4.69, 9.17) is 5.26 Å². The third kappa shape index (κ3) is 2.72. The number of hydrogen-bond donors (Lipinski definition) is 0. The van der Waals surface area contributed by atoms with Crippen molar-refractivity contribution in [3.05, 3.63) is 0 Å². The summed E-state index contributed by atoms with van der Waals surface area (Å²) in [5, 5.41) is 8.31. The normalized spacial score (nSPS) is 24.7. The Morgan fingerprint density at radius 3 is 3.00 bits per heavy atom. The molecule has 68 valence electrons. The number of alkyl halides is 2. The minimum Gasteiger partial charge on any atom is -0.318 e. The second kappa shape index (κ2) is 4.33. The SMILES string of the molecule is N#CCN1CCC(OC(F)F)C1. The van der Waals surface area contributed by atoms with E-state index >= 15 is 0 Å². The monoisotopic (exact) mass is 176 g/mol. The van der Waals surface area contributed by atoms with E-state index in [-0.39, 0.29) is 0 Å². The second-order valence-electron chi connectivity index (χ2n) is 2.70. The van der Waals surface area contributed by atoms with E-state index in [0.29, 0.717) is 26.1 Å². The van der Waals surface area contributed by atoms with Crippen LogP contribution in [0.1, 0.15) is 6.42 Å². The highest BCUT2D eigenvalue weighted by atomic mass is 19.3. The zero-order valence-corrected chi connectivity index (χ0v) is 6.54. The van der Waals surface area contributed by atoms with Gasteiger partial charge in [-0.3, -0.25) is 4.90 Å². The van der Waals surface area contributed by atoms with Crippen LogP contribution in [0.15, 0.2) is 0 Å². The molecule has 0 spiro atoms. The summed E-state index contributed by atoms with van der Waals surface area (Å²) in [6, 6.07) is 1.97. The Bertz CT molecular complexity index is 181. The number of ether oxygens (including phenoxy) is 1. The summed E-state index contributed by atoms with van der Waals surface area (Å²) in [6.07, 6.45) is 0.185. The lowest BCUT2D eigenvalue weighted by molar-refractivity contribution is -0.158. The summed E-state index contributed by atoms with van der Waals surface area (Å²) >= 11 is 0. The molecule has 0 amide bonds. The van der Waals surface area contributed by atoms with Crippen LogP contribution < -0.4 is 0 Å². The van der Waals surface area contributed by atoms with E-state index in [2.05, 4.69) is 4.74 Å². The van der Waals surface area contributed by atoms with Gasteiger partial charge in [-0.05, 0) is 6.42 Å². The van der Waals surface area contributed by atoms with Crippen molar-refractivity contribution in [1.82, 2.24) is 4.90 Å². The van der Waals surface area contributed by atoms with Gasteiger partial charge < -0.3 is 4.74 Å². The number of likely N-dealkylation sites (tertiary alicyclic amines) is 1. The maximum atomic E-state index is 11.7. The Morgan fingerprint density at radius 1 is 1.67 bits per heavy atom. The fraction of sp³-hybridized carbons (Fsp3) is 0.857. The highest BCUT2D eigenvalue weighted by Crippen LogP contribution is 2.14. The van der Waals surface area contributed by atoms with Crippen LogP contribution in [0, 0.1) is 11.3 Å². The van der Waals surface area contributed by atoms with Gasteiger partial charge in [0.15, 0.2) is 0 Å². The Labute approximate surface area is 69.5 Å². The molecule has 0 radical (unpaired) electrons. The number of nitriles is 1. The van der Waals surface area contributed by atoms with Gasteiger partial charge in [-0.1, -0.05) is 0 Å². The van der Waals surface area contributed by atoms with Gasteiger partial charge in [0.1, 0.15) is 0 Å². The highest BCUT2D eigenvalue weighted by molar-refractivity contribution is 4.83. The van der Waals surface area contributed by atoms with E-state index < -0.39 is 12.7 Å². The van der Waals surface area contributed by atoms with E-state index in [1.165, 1.54) is 0 Å². The third-order valence-electron chi connectivity index (χ3n) is 1.82. The predicted molar refractivity (Wildman–Crippen MR) is 37.5 cm³/mol. The van der Waals surface area contributed by atoms with Gasteiger partial charge in [-0.2, -0.15) is 14.0 Å². The molecule has 5 heteroatoms. The van der Waals surface area contributed by atoms with Crippen molar-refractivity contribution in [3.63, 3.8) is 0 Å². The van der Waals surface area contributed by atoms with Crippen LogP contribution in [0.4, 0.5) is 8.78 Å². The molecular weight excluding hydrogens is 166 g/mol. The number of nitrogens with zero attached hydrogens (tertiary/aromatic N) is 2. The second-order valence-corrected chi connectivity index (χ2v) is 2.70. The fourth-order valence-corrected chi connectivity index (χ4v) is 1.30. The van der Waals surface area contributed by atoms with Crippen molar-refractivity contribution in [2.45, 2.75) is 19.1 Å². The lowest BCUT2D eigenvalue weighted by Crippen LogP contribution is -2.24. The topological polar surface area (TPSA) is 36.3 Å². The van der Waals surface area contributed by atoms with Crippen LogP contribution >= 0.6 is 0 Å². The molecule has 0 aliphatic carbocycles. The summed E-state index contributed by atoms with van der Waals surface area (Å²) in [6.45, 7) is -1.29. The minimum absolute atomic E-state index is 0.295. The van der Waals surface area contributed by atoms with E-state index in [1.807, 2.05) is 6.07 Å². The van der Waals surface area contributed by atoms with Crippen LogP contribution in [0.2, 0.25) is 0 Å². The van der Waals surface area contributed by atoms with Crippen molar-refractivity contribution in [2.75, 3.05) is 19.6 Å². The predicted octanol–water partition coefficient (Wildman–Crippen LogP) is 0.823. The van der Waals surface area contributed by atoms with Crippen molar-refractivity contribution in [2.24, 2.45) is 0 Å². The van der Waals surface area contributed by atoms with Gasteiger partial charge in [-0.15, -0.1) is 0 Å². The molecule has 1 atom stereocenters. The molecule has 1 saturated heterocycles. The van der Waals surface area contributed by atoms with Crippen LogP contribution in [0.3, 0.4) is 0 Å². The van der Waals surface area contributed by atoms with Gasteiger partial charge in [0.2, 0.25) is 0 Å². The zero-order valence-electron chi connectivity index (χ0n) is 6.54. The van der Waals surface area contributed by atoms with Crippen LogP contribution in [-0.2, 0) is 4.74 Å².